The monoisotopic (exact) mass is 475 g/mol. The second kappa shape index (κ2) is 9.52. The number of fused-ring (bicyclic) bond motifs is 2. The van der Waals surface area contributed by atoms with Gasteiger partial charge in [0, 0.05) is 5.56 Å². The largest absolute Gasteiger partial charge is 0.497 e. The number of hydrogen-bond donors (Lipinski definition) is 1. The van der Waals surface area contributed by atoms with Crippen LogP contribution in [0.25, 0.3) is 21.5 Å². The zero-order valence-electron chi connectivity index (χ0n) is 19.1. The first-order valence-electron chi connectivity index (χ1n) is 10.7. The molecule has 1 N–H and O–H groups in total. The maximum absolute atomic E-state index is 12.9. The molecule has 0 heterocycles. The van der Waals surface area contributed by atoms with Gasteiger partial charge in [0.05, 0.1) is 25.3 Å². The molecule has 0 aliphatic carbocycles. The molecule has 4 rings (SSSR count). The van der Waals surface area contributed by atoms with Crippen LogP contribution in [0.5, 0.6) is 5.75 Å². The van der Waals surface area contributed by atoms with E-state index in [0.717, 1.165) is 37.7 Å². The van der Waals surface area contributed by atoms with E-state index in [9.17, 15) is 13.2 Å². The summed E-state index contributed by atoms with van der Waals surface area (Å²) in [4.78, 5) is 12.9. The molecule has 4 aromatic rings. The predicted molar refractivity (Wildman–Crippen MR) is 137 cm³/mol. The summed E-state index contributed by atoms with van der Waals surface area (Å²) in [6, 6.07) is 23.5. The van der Waals surface area contributed by atoms with Crippen LogP contribution in [0.1, 0.15) is 12.5 Å². The molecule has 34 heavy (non-hydrogen) atoms. The van der Waals surface area contributed by atoms with Crippen LogP contribution in [-0.4, -0.2) is 39.9 Å². The molecule has 0 unspecified atom stereocenters. The molecule has 1 atom stereocenters. The number of methoxy groups -OCH3 is 1. The number of carbonyl (C=O) groups is 1. The lowest BCUT2D eigenvalue weighted by Gasteiger charge is -2.27. The fraction of sp³-hybridized carbons (Fsp3) is 0.154. The Morgan fingerprint density at radius 3 is 2.06 bits per heavy atom. The Balaban J connectivity index is 1.62. The third-order valence-corrected chi connectivity index (χ3v) is 6.84. The van der Waals surface area contributed by atoms with Crippen molar-refractivity contribution in [1.29, 1.82) is 0 Å². The van der Waals surface area contributed by atoms with E-state index in [1.807, 2.05) is 48.5 Å². The number of rotatable bonds is 7. The first-order chi connectivity index (χ1) is 16.3. The average molecular weight is 476 g/mol. The molecular weight excluding hydrogens is 450 g/mol. The quantitative estimate of drug-likeness (QED) is 0.245. The van der Waals surface area contributed by atoms with Gasteiger partial charge in [-0.25, -0.2) is 13.8 Å². The Kier molecular flexibility index (Phi) is 6.51. The highest BCUT2D eigenvalue weighted by atomic mass is 32.2. The third-order valence-electron chi connectivity index (χ3n) is 5.60. The van der Waals surface area contributed by atoms with Gasteiger partial charge in [-0.2, -0.15) is 5.10 Å². The number of sulfonamides is 1. The van der Waals surface area contributed by atoms with Gasteiger partial charge in [-0.3, -0.25) is 9.10 Å². The van der Waals surface area contributed by atoms with Gasteiger partial charge in [-0.15, -0.1) is 0 Å². The predicted octanol–water partition coefficient (Wildman–Crippen LogP) is 4.31. The van der Waals surface area contributed by atoms with E-state index in [1.54, 1.807) is 30.5 Å². The lowest BCUT2D eigenvalue weighted by molar-refractivity contribution is -0.121. The molecule has 0 aliphatic rings. The molecule has 0 aliphatic heterocycles. The number of nitrogens with zero attached hydrogens (tertiary/aromatic N) is 2. The zero-order chi connectivity index (χ0) is 24.3. The highest BCUT2D eigenvalue weighted by Gasteiger charge is 2.29. The normalized spacial score (nSPS) is 12.7. The van der Waals surface area contributed by atoms with Gasteiger partial charge in [-0.05, 0) is 58.8 Å². The summed E-state index contributed by atoms with van der Waals surface area (Å²) in [5.74, 6) is 0.0308. The Labute approximate surface area is 198 Å². The highest BCUT2D eigenvalue weighted by Crippen LogP contribution is 2.27. The summed E-state index contributed by atoms with van der Waals surface area (Å²) in [6.07, 6.45) is 2.67. The third kappa shape index (κ3) is 4.72. The molecule has 0 bridgehead atoms. The summed E-state index contributed by atoms with van der Waals surface area (Å²) in [6.45, 7) is 1.52. The van der Waals surface area contributed by atoms with Gasteiger partial charge in [0.15, 0.2) is 0 Å². The molecule has 7 nitrogen and oxygen atoms in total. The Hall–Kier alpha value is -3.91. The molecule has 0 radical (unpaired) electrons. The summed E-state index contributed by atoms with van der Waals surface area (Å²) in [5.41, 5.74) is 3.73. The van der Waals surface area contributed by atoms with Crippen molar-refractivity contribution in [2.75, 3.05) is 17.7 Å². The van der Waals surface area contributed by atoms with Gasteiger partial charge in [0.2, 0.25) is 10.0 Å². The van der Waals surface area contributed by atoms with Crippen LogP contribution in [0.2, 0.25) is 0 Å². The fourth-order valence-electron chi connectivity index (χ4n) is 3.98. The lowest BCUT2D eigenvalue weighted by atomic mass is 9.97. The zero-order valence-corrected chi connectivity index (χ0v) is 19.9. The summed E-state index contributed by atoms with van der Waals surface area (Å²) in [7, 11) is -2.21. The Morgan fingerprint density at radius 2 is 1.53 bits per heavy atom. The number of anilines is 1. The minimum Gasteiger partial charge on any atom is -0.497 e. The van der Waals surface area contributed by atoms with Crippen LogP contribution in [0.3, 0.4) is 0 Å². The van der Waals surface area contributed by atoms with E-state index in [1.165, 1.54) is 14.0 Å². The maximum atomic E-state index is 12.9. The van der Waals surface area contributed by atoms with Crippen LogP contribution in [0.15, 0.2) is 84.0 Å². The fourth-order valence-corrected chi connectivity index (χ4v) is 5.15. The minimum atomic E-state index is -3.74. The number of nitrogens with one attached hydrogen (secondary N) is 1. The SMILES string of the molecule is COc1ccc(N([C@H](C)C(=O)N/N=C\c2c3ccccc3cc3ccccc23)S(C)(=O)=O)cc1. The van der Waals surface area contributed by atoms with E-state index < -0.39 is 22.0 Å². The molecule has 0 saturated heterocycles. The van der Waals surface area contributed by atoms with E-state index in [0.29, 0.717) is 11.4 Å². The number of hydrogen-bond acceptors (Lipinski definition) is 5. The van der Waals surface area contributed by atoms with Crippen LogP contribution >= 0.6 is 0 Å². The Morgan fingerprint density at radius 1 is 0.971 bits per heavy atom. The maximum Gasteiger partial charge on any atom is 0.263 e. The molecule has 0 spiro atoms. The average Bonchev–Trinajstić information content (AvgIpc) is 2.83. The first kappa shape index (κ1) is 23.3. The molecule has 0 fully saturated rings. The van der Waals surface area contributed by atoms with Gasteiger partial charge in [-0.1, -0.05) is 48.5 Å². The van der Waals surface area contributed by atoms with Crippen LogP contribution in [0.4, 0.5) is 5.69 Å². The van der Waals surface area contributed by atoms with Crippen molar-refractivity contribution in [3.8, 4) is 5.75 Å². The van der Waals surface area contributed by atoms with Gasteiger partial charge in [0.25, 0.3) is 5.91 Å². The second-order valence-corrected chi connectivity index (χ2v) is 9.76. The molecule has 0 aromatic heterocycles. The number of ether oxygens (including phenoxy) is 1. The lowest BCUT2D eigenvalue weighted by Crippen LogP contribution is -2.46. The standard InChI is InChI=1S/C26H25N3O4S/c1-18(29(34(3,31)32)21-12-14-22(33-2)15-13-21)26(30)28-27-17-25-23-10-6-4-8-19(23)16-20-9-5-7-11-24(20)25/h4-18H,1-3H3,(H,28,30)/b27-17-/t18-/m1/s1. The summed E-state index contributed by atoms with van der Waals surface area (Å²) < 4.78 is 31.2. The van der Waals surface area contributed by atoms with Crippen molar-refractivity contribution in [3.05, 3.63) is 84.4 Å². The van der Waals surface area contributed by atoms with Crippen molar-refractivity contribution in [1.82, 2.24) is 5.43 Å². The molecule has 8 heteroatoms. The summed E-state index contributed by atoms with van der Waals surface area (Å²) >= 11 is 0. The van der Waals surface area contributed by atoms with Crippen LogP contribution in [-0.2, 0) is 14.8 Å². The molecule has 0 saturated carbocycles. The van der Waals surface area contributed by atoms with Gasteiger partial charge in [0.1, 0.15) is 11.8 Å². The highest BCUT2D eigenvalue weighted by molar-refractivity contribution is 7.92. The number of amides is 1. The van der Waals surface area contributed by atoms with Crippen molar-refractivity contribution in [2.24, 2.45) is 5.10 Å². The van der Waals surface area contributed by atoms with Gasteiger partial charge >= 0.3 is 0 Å². The second-order valence-electron chi connectivity index (χ2n) is 7.90. The van der Waals surface area contributed by atoms with Crippen molar-refractivity contribution < 1.29 is 17.9 Å². The number of benzene rings is 4. The minimum absolute atomic E-state index is 0.356. The topological polar surface area (TPSA) is 88.1 Å². The number of hydrazone groups is 1. The molecule has 4 aromatic carbocycles. The molecule has 174 valence electrons. The van der Waals surface area contributed by atoms with Gasteiger partial charge < -0.3 is 4.74 Å². The van der Waals surface area contributed by atoms with E-state index in [4.69, 9.17) is 4.74 Å². The van der Waals surface area contributed by atoms with Crippen LogP contribution in [0, 0.1) is 0 Å². The van der Waals surface area contributed by atoms with E-state index in [-0.39, 0.29) is 0 Å². The van der Waals surface area contributed by atoms with Crippen molar-refractivity contribution >= 4 is 49.4 Å². The molecule has 1 amide bonds. The first-order valence-corrected chi connectivity index (χ1v) is 12.5. The van der Waals surface area contributed by atoms with Crippen LogP contribution < -0.4 is 14.5 Å². The number of carbonyl (C=O) groups excluding carboxylic acids is 1. The van der Waals surface area contributed by atoms with Crippen molar-refractivity contribution in [3.63, 3.8) is 0 Å². The smallest absolute Gasteiger partial charge is 0.263 e. The van der Waals surface area contributed by atoms with E-state index >= 15 is 0 Å². The summed E-state index contributed by atoms with van der Waals surface area (Å²) in [5, 5.41) is 8.31. The van der Waals surface area contributed by atoms with E-state index in [2.05, 4.69) is 16.6 Å². The van der Waals surface area contributed by atoms with Crippen molar-refractivity contribution in [2.45, 2.75) is 13.0 Å². The Bertz CT molecular complexity index is 1430. The molecular formula is C26H25N3O4S.